The van der Waals surface area contributed by atoms with Crippen molar-refractivity contribution in [1.82, 2.24) is 5.32 Å². The van der Waals surface area contributed by atoms with E-state index in [1.807, 2.05) is 24.3 Å². The van der Waals surface area contributed by atoms with Crippen LogP contribution in [0.15, 0.2) is 78.9 Å². The number of para-hydroxylation sites is 2. The first-order valence-corrected chi connectivity index (χ1v) is 10.7. The molecule has 3 rings (SSSR count). The fraction of sp³-hybridized carbons (Fsp3) is 0.154. The van der Waals surface area contributed by atoms with Crippen molar-refractivity contribution in [1.29, 1.82) is 5.26 Å². The van der Waals surface area contributed by atoms with E-state index in [0.29, 0.717) is 17.1 Å². The third-order valence-corrected chi connectivity index (χ3v) is 4.74. The molecule has 0 heterocycles. The van der Waals surface area contributed by atoms with Gasteiger partial charge in [0.25, 0.3) is 11.8 Å². The van der Waals surface area contributed by atoms with E-state index in [1.165, 1.54) is 18.2 Å². The fourth-order valence-electron chi connectivity index (χ4n) is 3.04. The fourth-order valence-corrected chi connectivity index (χ4v) is 3.04. The van der Waals surface area contributed by atoms with Crippen molar-refractivity contribution >= 4 is 23.5 Å². The Balaban J connectivity index is 1.48. The largest absolute Gasteiger partial charge is 0.457 e. The first kappa shape index (κ1) is 24.9. The lowest BCUT2D eigenvalue weighted by Gasteiger charge is -2.22. The maximum atomic E-state index is 14.1. The zero-order chi connectivity index (χ0) is 25.0. The molecule has 9 heteroatoms. The Bertz CT molecular complexity index is 1210. The third-order valence-electron chi connectivity index (χ3n) is 4.74. The van der Waals surface area contributed by atoms with Gasteiger partial charge in [-0.05, 0) is 48.5 Å². The number of nitrogens with one attached hydrogen (secondary N) is 1. The molecule has 3 aromatic carbocycles. The van der Waals surface area contributed by atoms with Gasteiger partial charge in [0, 0.05) is 12.1 Å². The zero-order valence-corrected chi connectivity index (χ0v) is 18.6. The Kier molecular flexibility index (Phi) is 8.91. The molecule has 0 radical (unpaired) electrons. The first-order chi connectivity index (χ1) is 17.0. The van der Waals surface area contributed by atoms with Crippen LogP contribution in [0.25, 0.3) is 0 Å². The summed E-state index contributed by atoms with van der Waals surface area (Å²) in [5.74, 6) is -1.49. The van der Waals surface area contributed by atoms with Gasteiger partial charge in [0.1, 0.15) is 23.9 Å². The van der Waals surface area contributed by atoms with Crippen molar-refractivity contribution in [2.75, 3.05) is 24.6 Å². The Morgan fingerprint density at radius 2 is 1.57 bits per heavy atom. The van der Waals surface area contributed by atoms with Crippen LogP contribution in [-0.2, 0) is 14.3 Å². The van der Waals surface area contributed by atoms with Crippen molar-refractivity contribution < 1.29 is 28.2 Å². The van der Waals surface area contributed by atoms with Crippen LogP contribution in [0.1, 0.15) is 16.8 Å². The second kappa shape index (κ2) is 12.5. The number of carbonyl (C=O) groups is 3. The van der Waals surface area contributed by atoms with Crippen molar-refractivity contribution in [2.24, 2.45) is 0 Å². The van der Waals surface area contributed by atoms with E-state index in [9.17, 15) is 18.8 Å². The summed E-state index contributed by atoms with van der Waals surface area (Å²) in [5, 5.41) is 11.2. The van der Waals surface area contributed by atoms with Gasteiger partial charge in [-0.3, -0.25) is 14.4 Å². The number of nitriles is 1. The second-order valence-corrected chi connectivity index (χ2v) is 7.19. The van der Waals surface area contributed by atoms with Crippen LogP contribution in [0.4, 0.5) is 10.1 Å². The van der Waals surface area contributed by atoms with Gasteiger partial charge in [-0.15, -0.1) is 0 Å². The topological polar surface area (TPSA) is 109 Å². The minimum absolute atomic E-state index is 0.0169. The number of nitrogens with zero attached hydrogens (tertiary/aromatic N) is 2. The molecule has 0 atom stereocenters. The number of esters is 1. The van der Waals surface area contributed by atoms with E-state index < -0.39 is 36.8 Å². The third kappa shape index (κ3) is 7.40. The quantitative estimate of drug-likeness (QED) is 0.447. The lowest BCUT2D eigenvalue weighted by Crippen LogP contribution is -2.37. The van der Waals surface area contributed by atoms with Crippen molar-refractivity contribution in [2.45, 2.75) is 6.42 Å². The number of hydrogen-bond acceptors (Lipinski definition) is 6. The number of anilines is 1. The smallest absolute Gasteiger partial charge is 0.325 e. The average Bonchev–Trinajstić information content (AvgIpc) is 2.88. The minimum Gasteiger partial charge on any atom is -0.457 e. The monoisotopic (exact) mass is 475 g/mol. The molecule has 8 nitrogen and oxygen atoms in total. The van der Waals surface area contributed by atoms with Gasteiger partial charge in [0.15, 0.2) is 6.61 Å². The Hall–Kier alpha value is -4.71. The zero-order valence-electron chi connectivity index (χ0n) is 18.6. The predicted molar refractivity (Wildman–Crippen MR) is 125 cm³/mol. The number of amides is 2. The standard InChI is InChI=1S/C26H22FN3O5/c27-22-9-4-5-10-23(22)30(16-6-15-28)24(31)18-34-25(32)17-29-26(33)19-11-13-21(14-12-19)35-20-7-2-1-3-8-20/h1-5,7-14H,6,16-18H2,(H,29,33). The summed E-state index contributed by atoms with van der Waals surface area (Å²) in [4.78, 5) is 37.9. The number of ether oxygens (including phenoxy) is 2. The summed E-state index contributed by atoms with van der Waals surface area (Å²) in [6, 6.07) is 23.0. The van der Waals surface area contributed by atoms with E-state index >= 15 is 0 Å². The van der Waals surface area contributed by atoms with Gasteiger partial charge in [-0.1, -0.05) is 30.3 Å². The number of hydrogen-bond donors (Lipinski definition) is 1. The number of rotatable bonds is 10. The van der Waals surface area contributed by atoms with Crippen molar-refractivity contribution in [3.8, 4) is 17.6 Å². The number of benzene rings is 3. The highest BCUT2D eigenvalue weighted by Gasteiger charge is 2.20. The summed E-state index contributed by atoms with van der Waals surface area (Å²) < 4.78 is 24.7. The first-order valence-electron chi connectivity index (χ1n) is 10.7. The molecule has 0 aromatic heterocycles. The molecule has 0 saturated carbocycles. The summed E-state index contributed by atoms with van der Waals surface area (Å²) >= 11 is 0. The van der Waals surface area contributed by atoms with Gasteiger partial charge in [0.05, 0.1) is 18.2 Å². The summed E-state index contributed by atoms with van der Waals surface area (Å²) in [7, 11) is 0. The summed E-state index contributed by atoms with van der Waals surface area (Å²) in [6.45, 7) is -1.19. The van der Waals surface area contributed by atoms with Gasteiger partial charge < -0.3 is 19.7 Å². The van der Waals surface area contributed by atoms with Crippen LogP contribution in [0.5, 0.6) is 11.5 Å². The molecule has 3 aromatic rings. The Morgan fingerprint density at radius 1 is 0.914 bits per heavy atom. The summed E-state index contributed by atoms with van der Waals surface area (Å²) in [5.41, 5.74) is 0.285. The molecular formula is C26H22FN3O5. The van der Waals surface area contributed by atoms with E-state index in [-0.39, 0.29) is 18.7 Å². The van der Waals surface area contributed by atoms with E-state index in [2.05, 4.69) is 5.32 Å². The number of halogens is 1. The minimum atomic E-state index is -0.843. The highest BCUT2D eigenvalue weighted by atomic mass is 19.1. The lowest BCUT2D eigenvalue weighted by molar-refractivity contribution is -0.146. The van der Waals surface area contributed by atoms with Crippen LogP contribution in [0.3, 0.4) is 0 Å². The highest BCUT2D eigenvalue weighted by Crippen LogP contribution is 2.21. The highest BCUT2D eigenvalue weighted by molar-refractivity contribution is 5.97. The van der Waals surface area contributed by atoms with Gasteiger partial charge in [-0.25, -0.2) is 4.39 Å². The summed E-state index contributed by atoms with van der Waals surface area (Å²) in [6.07, 6.45) is -0.0285. The van der Waals surface area contributed by atoms with Crippen LogP contribution in [0.2, 0.25) is 0 Å². The van der Waals surface area contributed by atoms with E-state index in [0.717, 1.165) is 4.90 Å². The van der Waals surface area contributed by atoms with Crippen LogP contribution < -0.4 is 15.0 Å². The van der Waals surface area contributed by atoms with Crippen LogP contribution in [-0.4, -0.2) is 37.5 Å². The molecule has 0 spiro atoms. The van der Waals surface area contributed by atoms with Crippen LogP contribution >= 0.6 is 0 Å². The van der Waals surface area contributed by atoms with Gasteiger partial charge in [0.2, 0.25) is 0 Å². The predicted octanol–water partition coefficient (Wildman–Crippen LogP) is 3.84. The molecule has 0 bridgehead atoms. The molecule has 0 unspecified atom stereocenters. The Labute approximate surface area is 201 Å². The van der Waals surface area contributed by atoms with Crippen LogP contribution in [0, 0.1) is 17.1 Å². The maximum absolute atomic E-state index is 14.1. The average molecular weight is 475 g/mol. The Morgan fingerprint density at radius 3 is 2.26 bits per heavy atom. The SMILES string of the molecule is N#CCCN(C(=O)COC(=O)CNC(=O)c1ccc(Oc2ccccc2)cc1)c1ccccc1F. The molecule has 0 saturated heterocycles. The molecule has 0 aliphatic rings. The normalized spacial score (nSPS) is 10.1. The molecule has 0 aliphatic heterocycles. The molecule has 1 N–H and O–H groups in total. The maximum Gasteiger partial charge on any atom is 0.325 e. The molecule has 35 heavy (non-hydrogen) atoms. The molecule has 0 aliphatic carbocycles. The molecule has 0 fully saturated rings. The molecular weight excluding hydrogens is 453 g/mol. The second-order valence-electron chi connectivity index (χ2n) is 7.19. The lowest BCUT2D eigenvalue weighted by atomic mass is 10.2. The van der Waals surface area contributed by atoms with Crippen molar-refractivity contribution in [3.05, 3.63) is 90.2 Å². The molecule has 178 valence electrons. The van der Waals surface area contributed by atoms with Gasteiger partial charge in [-0.2, -0.15) is 5.26 Å². The van der Waals surface area contributed by atoms with E-state index in [4.69, 9.17) is 14.7 Å². The van der Waals surface area contributed by atoms with Gasteiger partial charge >= 0.3 is 5.97 Å². The number of carbonyl (C=O) groups excluding carboxylic acids is 3. The molecule has 2 amide bonds. The van der Waals surface area contributed by atoms with E-state index in [1.54, 1.807) is 42.5 Å². The van der Waals surface area contributed by atoms with Crippen molar-refractivity contribution in [3.63, 3.8) is 0 Å².